The molecule has 3 rings (SSSR count). The van der Waals surface area contributed by atoms with Gasteiger partial charge >= 0.3 is 0 Å². The Bertz CT molecular complexity index is 1220. The van der Waals surface area contributed by atoms with Gasteiger partial charge in [-0.2, -0.15) is 0 Å². The lowest BCUT2D eigenvalue weighted by Gasteiger charge is -2.17. The minimum Gasteiger partial charge on any atom is -0.327 e. The second-order valence-corrected chi connectivity index (χ2v) is 10.2. The van der Waals surface area contributed by atoms with Gasteiger partial charge in [-0.15, -0.1) is 0 Å². The van der Waals surface area contributed by atoms with Gasteiger partial charge in [-0.25, -0.2) is 22.7 Å². The Kier molecular flexibility index (Phi) is 7.27. The van der Waals surface area contributed by atoms with Gasteiger partial charge in [-0.05, 0) is 50.7 Å². The molecule has 0 bridgehead atoms. The van der Waals surface area contributed by atoms with Crippen LogP contribution in [-0.4, -0.2) is 65.8 Å². The molecule has 0 aliphatic carbocycles. The largest absolute Gasteiger partial charge is 0.327 e. The number of carbonyl (C=O) groups excluding carboxylic acids is 1. The van der Waals surface area contributed by atoms with E-state index < -0.39 is 10.0 Å². The van der Waals surface area contributed by atoms with Crippen molar-refractivity contribution in [3.63, 3.8) is 0 Å². The molecular formula is C22H30N6O3S. The van der Waals surface area contributed by atoms with Crippen LogP contribution < -0.4 is 5.32 Å². The van der Waals surface area contributed by atoms with Crippen molar-refractivity contribution in [1.82, 2.24) is 23.7 Å². The van der Waals surface area contributed by atoms with E-state index >= 15 is 0 Å². The van der Waals surface area contributed by atoms with Gasteiger partial charge in [0.2, 0.25) is 15.9 Å². The van der Waals surface area contributed by atoms with E-state index in [1.54, 1.807) is 24.3 Å². The molecule has 0 unspecified atom stereocenters. The number of rotatable bonds is 9. The number of carbonyl (C=O) groups is 1. The predicted molar refractivity (Wildman–Crippen MR) is 125 cm³/mol. The number of hydrogen-bond donors (Lipinski definition) is 1. The van der Waals surface area contributed by atoms with Crippen LogP contribution in [-0.2, 0) is 27.9 Å². The summed E-state index contributed by atoms with van der Waals surface area (Å²) in [5.74, 6) is 1.14. The number of fused-ring (bicyclic) bond motifs is 1. The predicted octanol–water partition coefficient (Wildman–Crippen LogP) is 2.47. The van der Waals surface area contributed by atoms with Gasteiger partial charge in [-0.3, -0.25) is 9.69 Å². The van der Waals surface area contributed by atoms with Crippen LogP contribution in [0.4, 0.5) is 5.82 Å². The summed E-state index contributed by atoms with van der Waals surface area (Å²) < 4.78 is 28.3. The quantitative estimate of drug-likeness (QED) is 0.529. The molecule has 32 heavy (non-hydrogen) atoms. The molecule has 3 aromatic rings. The molecule has 0 aliphatic rings. The maximum Gasteiger partial charge on any atom is 0.242 e. The molecule has 0 saturated heterocycles. The average molecular weight is 459 g/mol. The number of nitrogens with zero attached hydrogens (tertiary/aromatic N) is 5. The molecule has 0 radical (unpaired) electrons. The van der Waals surface area contributed by atoms with Gasteiger partial charge in [0.25, 0.3) is 0 Å². The van der Waals surface area contributed by atoms with Crippen LogP contribution in [0, 0.1) is 6.92 Å². The first-order valence-electron chi connectivity index (χ1n) is 10.5. The molecule has 2 aromatic heterocycles. The zero-order chi connectivity index (χ0) is 23.5. The monoisotopic (exact) mass is 458 g/mol. The van der Waals surface area contributed by atoms with Crippen molar-refractivity contribution >= 4 is 32.8 Å². The minimum atomic E-state index is -3.54. The molecule has 10 heteroatoms. The average Bonchev–Trinajstić information content (AvgIpc) is 3.04. The van der Waals surface area contributed by atoms with Gasteiger partial charge < -0.3 is 9.88 Å². The van der Waals surface area contributed by atoms with Gasteiger partial charge in [-0.1, -0.05) is 13.0 Å². The summed E-state index contributed by atoms with van der Waals surface area (Å²) in [5.41, 5.74) is 2.33. The van der Waals surface area contributed by atoms with Crippen LogP contribution in [0.15, 0.2) is 41.3 Å². The van der Waals surface area contributed by atoms with Gasteiger partial charge in [0.1, 0.15) is 11.6 Å². The number of anilines is 1. The molecule has 9 nitrogen and oxygen atoms in total. The molecule has 0 saturated carbocycles. The third kappa shape index (κ3) is 5.32. The Morgan fingerprint density at radius 1 is 1.12 bits per heavy atom. The third-order valence-electron chi connectivity index (χ3n) is 5.01. The van der Waals surface area contributed by atoms with E-state index in [1.165, 1.54) is 18.4 Å². The number of aromatic nitrogens is 3. The first kappa shape index (κ1) is 23.8. The van der Waals surface area contributed by atoms with Crippen molar-refractivity contribution in [3.8, 4) is 0 Å². The van der Waals surface area contributed by atoms with Crippen LogP contribution in [0.3, 0.4) is 0 Å². The second-order valence-electron chi connectivity index (χ2n) is 8.00. The van der Waals surface area contributed by atoms with Gasteiger partial charge in [0, 0.05) is 26.3 Å². The first-order chi connectivity index (χ1) is 15.1. The zero-order valence-corrected chi connectivity index (χ0v) is 20.0. The molecule has 1 aromatic carbocycles. The second kappa shape index (κ2) is 9.76. The van der Waals surface area contributed by atoms with Crippen LogP contribution in [0.1, 0.15) is 24.9 Å². The number of pyridine rings is 1. The van der Waals surface area contributed by atoms with Crippen molar-refractivity contribution in [2.24, 2.45) is 0 Å². The molecule has 1 amide bonds. The van der Waals surface area contributed by atoms with E-state index in [0.717, 1.165) is 30.0 Å². The highest BCUT2D eigenvalue weighted by molar-refractivity contribution is 7.89. The molecular weight excluding hydrogens is 428 g/mol. The Balaban J connectivity index is 1.80. The number of hydrogen-bond acceptors (Lipinski definition) is 6. The zero-order valence-electron chi connectivity index (χ0n) is 19.2. The Morgan fingerprint density at radius 2 is 1.88 bits per heavy atom. The lowest BCUT2D eigenvalue weighted by molar-refractivity contribution is -0.117. The lowest BCUT2D eigenvalue weighted by Crippen LogP contribution is -2.31. The highest BCUT2D eigenvalue weighted by Gasteiger charge is 2.20. The molecule has 0 spiro atoms. The Hall–Kier alpha value is -2.82. The van der Waals surface area contributed by atoms with Crippen LogP contribution >= 0.6 is 0 Å². The first-order valence-corrected chi connectivity index (χ1v) is 11.9. The fourth-order valence-corrected chi connectivity index (χ4v) is 4.38. The van der Waals surface area contributed by atoms with Gasteiger partial charge in [0.15, 0.2) is 0 Å². The molecule has 0 atom stereocenters. The summed E-state index contributed by atoms with van der Waals surface area (Å²) >= 11 is 0. The van der Waals surface area contributed by atoms with Crippen LogP contribution in [0.25, 0.3) is 11.0 Å². The van der Waals surface area contributed by atoms with E-state index in [4.69, 9.17) is 4.98 Å². The van der Waals surface area contributed by atoms with Crippen molar-refractivity contribution in [3.05, 3.63) is 47.9 Å². The maximum atomic E-state index is 12.5. The molecule has 0 fully saturated rings. The highest BCUT2D eigenvalue weighted by atomic mass is 32.2. The number of aryl methyl sites for hydroxylation is 2. The maximum absolute atomic E-state index is 12.5. The fourth-order valence-electron chi connectivity index (χ4n) is 3.46. The topological polar surface area (TPSA) is 100 Å². The summed E-state index contributed by atoms with van der Waals surface area (Å²) in [6.07, 6.45) is 0.902. The number of imidazole rings is 1. The minimum absolute atomic E-state index is 0.164. The van der Waals surface area contributed by atoms with E-state index in [0.29, 0.717) is 17.9 Å². The molecule has 0 aliphatic heterocycles. The normalized spacial score (nSPS) is 12.1. The number of amides is 1. The lowest BCUT2D eigenvalue weighted by atomic mass is 10.3. The van der Waals surface area contributed by atoms with Crippen molar-refractivity contribution < 1.29 is 13.2 Å². The van der Waals surface area contributed by atoms with Crippen molar-refractivity contribution in [2.45, 2.75) is 38.3 Å². The number of benzene rings is 1. The van der Waals surface area contributed by atoms with E-state index in [2.05, 4.69) is 21.8 Å². The molecule has 172 valence electrons. The van der Waals surface area contributed by atoms with E-state index in [1.807, 2.05) is 31.0 Å². The number of sulfonamides is 1. The fraction of sp³-hybridized carbons (Fsp3) is 0.409. The summed E-state index contributed by atoms with van der Waals surface area (Å²) in [7, 11) is 1.32. The SMILES string of the molecule is CCCn1c(CN(C)CC(=O)Nc2cccc(C)n2)nc2cc(S(=O)(=O)N(C)C)ccc21. The third-order valence-corrected chi connectivity index (χ3v) is 6.82. The van der Waals surface area contributed by atoms with E-state index in [-0.39, 0.29) is 17.3 Å². The standard InChI is InChI=1S/C22H30N6O3S/c1-6-12-28-19-11-10-17(32(30,31)26(3)4)13-18(19)24-21(28)14-27(5)15-22(29)25-20-9-7-8-16(2)23-20/h7-11,13H,6,12,14-15H2,1-5H3,(H,23,25,29). The van der Waals surface area contributed by atoms with Crippen LogP contribution in [0.2, 0.25) is 0 Å². The smallest absolute Gasteiger partial charge is 0.242 e. The van der Waals surface area contributed by atoms with Crippen molar-refractivity contribution in [2.75, 3.05) is 33.0 Å². The highest BCUT2D eigenvalue weighted by Crippen LogP contribution is 2.23. The Morgan fingerprint density at radius 3 is 2.53 bits per heavy atom. The summed E-state index contributed by atoms with van der Waals surface area (Å²) in [5, 5.41) is 2.81. The van der Waals surface area contributed by atoms with Crippen LogP contribution in [0.5, 0.6) is 0 Å². The number of nitrogens with one attached hydrogen (secondary N) is 1. The summed E-state index contributed by atoms with van der Waals surface area (Å²) in [6, 6.07) is 10.5. The summed E-state index contributed by atoms with van der Waals surface area (Å²) in [4.78, 5) is 23.5. The molecule has 2 heterocycles. The molecule has 1 N–H and O–H groups in total. The van der Waals surface area contributed by atoms with Gasteiger partial charge in [0.05, 0.1) is 29.0 Å². The van der Waals surface area contributed by atoms with E-state index in [9.17, 15) is 13.2 Å². The van der Waals surface area contributed by atoms with Crippen molar-refractivity contribution in [1.29, 1.82) is 0 Å². The number of likely N-dealkylation sites (N-methyl/N-ethyl adjacent to an activating group) is 1. The Labute approximate surface area is 189 Å². The summed E-state index contributed by atoms with van der Waals surface area (Å²) in [6.45, 7) is 5.31.